The lowest BCUT2D eigenvalue weighted by atomic mass is 10.1. The average molecular weight is 340 g/mol. The second-order valence-corrected chi connectivity index (χ2v) is 4.58. The van der Waals surface area contributed by atoms with Crippen LogP contribution in [0.1, 0.15) is 18.1 Å². The summed E-state index contributed by atoms with van der Waals surface area (Å²) in [5.74, 6) is -1.64. The van der Waals surface area contributed by atoms with E-state index in [0.717, 1.165) is 6.07 Å². The van der Waals surface area contributed by atoms with Gasteiger partial charge in [-0.2, -0.15) is 31.6 Å². The monoisotopic (exact) mass is 340 g/mol. The summed E-state index contributed by atoms with van der Waals surface area (Å²) < 4.78 is 77.0. The summed E-state index contributed by atoms with van der Waals surface area (Å²) in [7, 11) is 0. The Labute approximate surface area is 126 Å². The van der Waals surface area contributed by atoms with E-state index in [4.69, 9.17) is 10.4 Å². The molecular formula is C13H10F6N2O2. The Bertz CT molecular complexity index is 633. The van der Waals surface area contributed by atoms with Crippen LogP contribution in [0.15, 0.2) is 18.2 Å². The van der Waals surface area contributed by atoms with Crippen LogP contribution in [0.5, 0.6) is 0 Å². The van der Waals surface area contributed by atoms with Crippen molar-refractivity contribution in [1.29, 1.82) is 5.26 Å². The van der Waals surface area contributed by atoms with Crippen LogP contribution in [0, 0.1) is 11.3 Å². The van der Waals surface area contributed by atoms with Crippen molar-refractivity contribution in [3.63, 3.8) is 0 Å². The van der Waals surface area contributed by atoms with Crippen LogP contribution < -0.4 is 4.90 Å². The van der Waals surface area contributed by atoms with Gasteiger partial charge in [0, 0.05) is 5.69 Å². The summed E-state index contributed by atoms with van der Waals surface area (Å²) in [4.78, 5) is 11.0. The molecule has 1 aromatic rings. The number of benzene rings is 1. The lowest BCUT2D eigenvalue weighted by Gasteiger charge is -2.31. The second kappa shape index (κ2) is 6.36. The molecule has 10 heteroatoms. The minimum atomic E-state index is -4.96. The maximum Gasteiger partial charge on any atom is 0.417 e. The smallest absolute Gasteiger partial charge is 0.417 e. The Hall–Kier alpha value is -2.44. The standard InChI is InChI=1S/C13H10F6N2O2/c1-7(12(14,15)16)21(6-11(22)23)9-3-2-8(5-20)10(4-9)13(17,18)19/h2-4,7H,6H2,1H3,(H,22,23). The summed E-state index contributed by atoms with van der Waals surface area (Å²) in [6.45, 7) is -0.516. The third kappa shape index (κ3) is 4.51. The summed E-state index contributed by atoms with van der Waals surface area (Å²) in [5, 5.41) is 17.4. The molecule has 1 atom stereocenters. The van der Waals surface area contributed by atoms with Crippen LogP contribution in [-0.4, -0.2) is 29.8 Å². The highest BCUT2D eigenvalue weighted by Crippen LogP contribution is 2.36. The van der Waals surface area contributed by atoms with Gasteiger partial charge in [-0.25, -0.2) is 0 Å². The third-order valence-corrected chi connectivity index (χ3v) is 3.01. The molecule has 1 unspecified atom stereocenters. The van der Waals surface area contributed by atoms with Gasteiger partial charge >= 0.3 is 18.3 Å². The number of carbonyl (C=O) groups is 1. The molecule has 0 heterocycles. The maximum absolute atomic E-state index is 12.9. The molecule has 1 rings (SSSR count). The maximum atomic E-state index is 12.9. The zero-order valence-electron chi connectivity index (χ0n) is 11.5. The molecular weight excluding hydrogens is 330 g/mol. The Morgan fingerprint density at radius 2 is 1.87 bits per heavy atom. The number of anilines is 1. The first-order valence-electron chi connectivity index (χ1n) is 6.04. The lowest BCUT2D eigenvalue weighted by molar-refractivity contribution is -0.147. The molecule has 0 aliphatic carbocycles. The minimum Gasteiger partial charge on any atom is -0.480 e. The Morgan fingerprint density at radius 3 is 2.26 bits per heavy atom. The van der Waals surface area contributed by atoms with Gasteiger partial charge < -0.3 is 10.0 Å². The molecule has 0 aliphatic rings. The van der Waals surface area contributed by atoms with Gasteiger partial charge in [-0.05, 0) is 25.1 Å². The fourth-order valence-electron chi connectivity index (χ4n) is 1.82. The van der Waals surface area contributed by atoms with Crippen molar-refractivity contribution in [1.82, 2.24) is 0 Å². The minimum absolute atomic E-state index is 0.277. The van der Waals surface area contributed by atoms with Crippen molar-refractivity contribution in [3.05, 3.63) is 29.3 Å². The van der Waals surface area contributed by atoms with Gasteiger partial charge in [-0.1, -0.05) is 0 Å². The number of carboxylic acids is 1. The topological polar surface area (TPSA) is 64.3 Å². The Morgan fingerprint density at radius 1 is 1.30 bits per heavy atom. The van der Waals surface area contributed by atoms with Crippen LogP contribution in [0.25, 0.3) is 0 Å². The van der Waals surface area contributed by atoms with E-state index in [0.29, 0.717) is 19.1 Å². The molecule has 0 aromatic heterocycles. The Kier molecular flexibility index (Phi) is 5.14. The van der Waals surface area contributed by atoms with Crippen molar-refractivity contribution < 1.29 is 36.2 Å². The zero-order valence-corrected chi connectivity index (χ0v) is 11.5. The summed E-state index contributed by atoms with van der Waals surface area (Å²) in [6, 6.07) is 0.853. The van der Waals surface area contributed by atoms with E-state index in [1.807, 2.05) is 0 Å². The molecule has 1 aromatic carbocycles. The number of alkyl halides is 6. The van der Waals surface area contributed by atoms with Crippen LogP contribution in [0.2, 0.25) is 0 Å². The van der Waals surface area contributed by atoms with Gasteiger partial charge in [-0.3, -0.25) is 4.79 Å². The number of halogens is 6. The SMILES string of the molecule is CC(N(CC(=O)O)c1ccc(C#N)c(C(F)(F)F)c1)C(F)(F)F. The highest BCUT2D eigenvalue weighted by molar-refractivity contribution is 5.74. The van der Waals surface area contributed by atoms with E-state index < -0.39 is 47.7 Å². The zero-order chi connectivity index (χ0) is 18.0. The van der Waals surface area contributed by atoms with E-state index in [1.54, 1.807) is 0 Å². The molecule has 0 fully saturated rings. The van der Waals surface area contributed by atoms with E-state index >= 15 is 0 Å². The van der Waals surface area contributed by atoms with E-state index in [-0.39, 0.29) is 4.90 Å². The number of carboxylic acid groups (broad SMARTS) is 1. The fraction of sp³-hybridized carbons (Fsp3) is 0.385. The number of nitriles is 1. The number of nitrogens with zero attached hydrogens (tertiary/aromatic N) is 2. The predicted octanol–water partition coefficient (Wildman–Crippen LogP) is 3.42. The van der Waals surface area contributed by atoms with Gasteiger partial charge in [0.1, 0.15) is 12.6 Å². The van der Waals surface area contributed by atoms with Gasteiger partial charge in [0.2, 0.25) is 0 Å². The van der Waals surface area contributed by atoms with Crippen LogP contribution in [0.3, 0.4) is 0 Å². The molecule has 0 saturated heterocycles. The third-order valence-electron chi connectivity index (χ3n) is 3.01. The van der Waals surface area contributed by atoms with Crippen molar-refractivity contribution in [2.75, 3.05) is 11.4 Å². The largest absolute Gasteiger partial charge is 0.480 e. The molecule has 126 valence electrons. The van der Waals surface area contributed by atoms with Crippen molar-refractivity contribution >= 4 is 11.7 Å². The van der Waals surface area contributed by atoms with E-state index in [2.05, 4.69) is 0 Å². The number of rotatable bonds is 4. The lowest BCUT2D eigenvalue weighted by Crippen LogP contribution is -2.46. The van der Waals surface area contributed by atoms with Crippen LogP contribution in [0.4, 0.5) is 32.0 Å². The molecule has 0 radical (unpaired) electrons. The highest BCUT2D eigenvalue weighted by Gasteiger charge is 2.42. The molecule has 1 N–H and O–H groups in total. The normalized spacial score (nSPS) is 13.3. The molecule has 0 spiro atoms. The first kappa shape index (κ1) is 18.6. The molecule has 0 bridgehead atoms. The average Bonchev–Trinajstić information content (AvgIpc) is 2.41. The predicted molar refractivity (Wildman–Crippen MR) is 66.7 cm³/mol. The van der Waals surface area contributed by atoms with Crippen molar-refractivity contribution in [2.45, 2.75) is 25.3 Å². The van der Waals surface area contributed by atoms with Crippen LogP contribution in [-0.2, 0) is 11.0 Å². The highest BCUT2D eigenvalue weighted by atomic mass is 19.4. The summed E-state index contributed by atoms with van der Waals surface area (Å²) in [6.07, 6.45) is -9.81. The van der Waals surface area contributed by atoms with Gasteiger partial charge in [-0.15, -0.1) is 0 Å². The van der Waals surface area contributed by atoms with E-state index in [1.165, 1.54) is 6.07 Å². The number of aliphatic carboxylic acids is 1. The number of hydrogen-bond donors (Lipinski definition) is 1. The second-order valence-electron chi connectivity index (χ2n) is 4.58. The first-order valence-corrected chi connectivity index (χ1v) is 6.04. The molecule has 0 amide bonds. The fourth-order valence-corrected chi connectivity index (χ4v) is 1.82. The van der Waals surface area contributed by atoms with Crippen molar-refractivity contribution in [3.8, 4) is 6.07 Å². The molecule has 0 aliphatic heterocycles. The van der Waals surface area contributed by atoms with Gasteiger partial charge in [0.15, 0.2) is 0 Å². The summed E-state index contributed by atoms with van der Waals surface area (Å²) >= 11 is 0. The van der Waals surface area contributed by atoms with Gasteiger partial charge in [0.25, 0.3) is 0 Å². The molecule has 4 nitrogen and oxygen atoms in total. The van der Waals surface area contributed by atoms with Crippen LogP contribution >= 0.6 is 0 Å². The first-order chi connectivity index (χ1) is 10.4. The molecule has 23 heavy (non-hydrogen) atoms. The quantitative estimate of drug-likeness (QED) is 0.853. The number of hydrogen-bond acceptors (Lipinski definition) is 3. The Balaban J connectivity index is 3.43. The van der Waals surface area contributed by atoms with Crippen molar-refractivity contribution in [2.24, 2.45) is 0 Å². The van der Waals surface area contributed by atoms with E-state index in [9.17, 15) is 31.1 Å². The molecule has 0 saturated carbocycles. The summed E-state index contributed by atoms with van der Waals surface area (Å²) in [5.41, 5.74) is -2.79. The van der Waals surface area contributed by atoms with Gasteiger partial charge in [0.05, 0.1) is 17.2 Å².